The second-order valence-corrected chi connectivity index (χ2v) is 6.61. The first-order valence-electron chi connectivity index (χ1n) is 7.67. The number of ether oxygens (including phenoxy) is 1. The summed E-state index contributed by atoms with van der Waals surface area (Å²) in [5, 5.41) is 4.59. The fourth-order valence-corrected chi connectivity index (χ4v) is 3.40. The van der Waals surface area contributed by atoms with E-state index in [1.165, 1.54) is 0 Å². The highest BCUT2D eigenvalue weighted by atomic mass is 79.9. The molecular formula is C16H18BrClN5O2+. The molecule has 0 radical (unpaired) electrons. The van der Waals surface area contributed by atoms with Gasteiger partial charge in [-0.3, -0.25) is 0 Å². The van der Waals surface area contributed by atoms with Crippen molar-refractivity contribution in [1.82, 2.24) is 14.5 Å². The first-order chi connectivity index (χ1) is 11.9. The Bertz CT molecular complexity index is 813. The second kappa shape index (κ2) is 8.38. The lowest BCUT2D eigenvalue weighted by Crippen LogP contribution is -2.16. The standard InChI is InChI=1S/C16H18BrClN5O2/c1-4-25-15(24)13-14(23(9(2)3)16(17)20-13)12(21-22-19)10-5-7-11(18)8-6-10/h5-9,12,19H,4H2,1-3H3/q+1. The van der Waals surface area contributed by atoms with Crippen LogP contribution in [0, 0.1) is 5.53 Å². The fraction of sp³-hybridized carbons (Fsp3) is 0.375. The van der Waals surface area contributed by atoms with Crippen molar-refractivity contribution in [2.45, 2.75) is 32.9 Å². The van der Waals surface area contributed by atoms with Crippen LogP contribution >= 0.6 is 27.5 Å². The molecule has 0 saturated heterocycles. The number of halogens is 2. The maximum Gasteiger partial charge on any atom is 0.358 e. The lowest BCUT2D eigenvalue weighted by molar-refractivity contribution is 0.0518. The number of nitrogens with zero attached hydrogens (tertiary/aromatic N) is 4. The monoisotopic (exact) mass is 426 g/mol. The van der Waals surface area contributed by atoms with Crippen molar-refractivity contribution in [2.24, 2.45) is 5.11 Å². The SMILES string of the molecule is CCOC(=O)c1nc(Br)n(C(C)C)c1C(N=[N+]=N)c1ccc(Cl)cc1. The van der Waals surface area contributed by atoms with Crippen LogP contribution in [-0.2, 0) is 4.74 Å². The number of benzene rings is 1. The van der Waals surface area contributed by atoms with Crippen molar-refractivity contribution < 1.29 is 9.53 Å². The summed E-state index contributed by atoms with van der Waals surface area (Å²) in [5.41, 5.74) is 8.59. The van der Waals surface area contributed by atoms with Crippen LogP contribution in [0.4, 0.5) is 0 Å². The Labute approximate surface area is 158 Å². The molecule has 0 fully saturated rings. The Morgan fingerprint density at radius 1 is 1.44 bits per heavy atom. The molecule has 0 aliphatic rings. The lowest BCUT2D eigenvalue weighted by atomic mass is 10.0. The smallest absolute Gasteiger partial charge is 0.358 e. The molecule has 2 rings (SSSR count). The van der Waals surface area contributed by atoms with Gasteiger partial charge in [0, 0.05) is 11.1 Å². The van der Waals surface area contributed by atoms with Crippen LogP contribution in [0.25, 0.3) is 0 Å². The number of aromatic nitrogens is 2. The predicted molar refractivity (Wildman–Crippen MR) is 96.8 cm³/mol. The van der Waals surface area contributed by atoms with Gasteiger partial charge in [0.05, 0.1) is 12.3 Å². The van der Waals surface area contributed by atoms with Crippen LogP contribution in [0.5, 0.6) is 0 Å². The van der Waals surface area contributed by atoms with E-state index >= 15 is 0 Å². The molecule has 1 atom stereocenters. The van der Waals surface area contributed by atoms with Gasteiger partial charge in [-0.05, 0) is 54.4 Å². The molecule has 0 spiro atoms. The summed E-state index contributed by atoms with van der Waals surface area (Å²) in [6.07, 6.45) is 0. The highest BCUT2D eigenvalue weighted by molar-refractivity contribution is 9.10. The molecule has 1 N–H and O–H groups in total. The Kier molecular flexibility index (Phi) is 6.47. The van der Waals surface area contributed by atoms with Gasteiger partial charge in [-0.25, -0.2) is 9.78 Å². The third-order valence-electron chi connectivity index (χ3n) is 3.51. The summed E-state index contributed by atoms with van der Waals surface area (Å²) < 4.78 is 7.44. The van der Waals surface area contributed by atoms with E-state index in [-0.39, 0.29) is 18.3 Å². The Hall–Kier alpha value is -2.02. The van der Waals surface area contributed by atoms with Crippen LogP contribution in [0.3, 0.4) is 0 Å². The number of imidazole rings is 1. The molecule has 7 nitrogen and oxygen atoms in total. The molecule has 1 unspecified atom stereocenters. The molecule has 1 heterocycles. The molecule has 0 bridgehead atoms. The first kappa shape index (κ1) is 19.3. The molecule has 0 aliphatic carbocycles. The van der Waals surface area contributed by atoms with Gasteiger partial charge < -0.3 is 9.30 Å². The fourth-order valence-electron chi connectivity index (χ4n) is 2.50. The summed E-state index contributed by atoms with van der Waals surface area (Å²) >= 11 is 9.35. The number of esters is 1. The zero-order valence-corrected chi connectivity index (χ0v) is 16.4. The number of hydrogen-bond donors (Lipinski definition) is 1. The zero-order chi connectivity index (χ0) is 18.6. The molecule has 2 aromatic rings. The molecule has 0 saturated carbocycles. The Balaban J connectivity index is 2.72. The van der Waals surface area contributed by atoms with E-state index in [1.54, 1.807) is 31.2 Å². The van der Waals surface area contributed by atoms with E-state index in [9.17, 15) is 4.79 Å². The molecule has 1 aromatic carbocycles. The third kappa shape index (κ3) is 4.15. The normalized spacial score (nSPS) is 11.9. The van der Waals surface area contributed by atoms with Gasteiger partial charge in [-0.15, -0.1) is 0 Å². The Morgan fingerprint density at radius 2 is 2.08 bits per heavy atom. The number of nitrogens with one attached hydrogen (secondary N) is 1. The van der Waals surface area contributed by atoms with Crippen LogP contribution in [-0.4, -0.2) is 22.1 Å². The summed E-state index contributed by atoms with van der Waals surface area (Å²) in [6, 6.07) is 6.31. The van der Waals surface area contributed by atoms with Gasteiger partial charge in [0.2, 0.25) is 11.0 Å². The average Bonchev–Trinajstić information content (AvgIpc) is 2.91. The molecule has 132 valence electrons. The highest BCUT2D eigenvalue weighted by Gasteiger charge is 2.33. The van der Waals surface area contributed by atoms with Crippen LogP contribution in [0.1, 0.15) is 54.6 Å². The largest absolute Gasteiger partial charge is 0.461 e. The molecule has 9 heteroatoms. The molecule has 0 amide bonds. The van der Waals surface area contributed by atoms with E-state index in [0.717, 1.165) is 5.56 Å². The van der Waals surface area contributed by atoms with Gasteiger partial charge in [0.25, 0.3) is 0 Å². The first-order valence-corrected chi connectivity index (χ1v) is 8.84. The van der Waals surface area contributed by atoms with Crippen molar-refractivity contribution in [1.29, 1.82) is 5.53 Å². The summed E-state index contributed by atoms with van der Waals surface area (Å²) in [7, 11) is 0. The number of carbonyl (C=O) groups is 1. The van der Waals surface area contributed by atoms with Crippen molar-refractivity contribution in [3.63, 3.8) is 0 Å². The van der Waals surface area contributed by atoms with Crippen molar-refractivity contribution in [3.8, 4) is 0 Å². The number of carbonyl (C=O) groups excluding carboxylic acids is 1. The van der Waals surface area contributed by atoms with E-state index in [2.05, 4.69) is 30.9 Å². The molecule has 1 aromatic heterocycles. The zero-order valence-electron chi connectivity index (χ0n) is 14.0. The van der Waals surface area contributed by atoms with Crippen molar-refractivity contribution in [2.75, 3.05) is 6.61 Å². The maximum absolute atomic E-state index is 12.4. The number of rotatable bonds is 6. The minimum atomic E-state index is -0.685. The minimum Gasteiger partial charge on any atom is -0.461 e. The maximum atomic E-state index is 12.4. The Morgan fingerprint density at radius 3 is 2.60 bits per heavy atom. The topological polar surface area (TPSA) is 94.4 Å². The third-order valence-corrected chi connectivity index (χ3v) is 4.32. The average molecular weight is 428 g/mol. The summed E-state index contributed by atoms with van der Waals surface area (Å²) in [5.74, 6) is -0.545. The van der Waals surface area contributed by atoms with Gasteiger partial charge in [0.15, 0.2) is 10.4 Å². The number of hydrogen-bond acceptors (Lipinski definition) is 5. The minimum absolute atomic E-state index is 0.00390. The molecule has 0 aliphatic heterocycles. The van der Waals surface area contributed by atoms with Gasteiger partial charge in [-0.1, -0.05) is 23.7 Å². The second-order valence-electron chi connectivity index (χ2n) is 5.47. The van der Waals surface area contributed by atoms with Crippen LogP contribution < -0.4 is 4.91 Å². The quantitative estimate of drug-likeness (QED) is 0.411. The summed E-state index contributed by atoms with van der Waals surface area (Å²) in [4.78, 5) is 19.9. The van der Waals surface area contributed by atoms with Gasteiger partial charge >= 0.3 is 5.97 Å². The van der Waals surface area contributed by atoms with E-state index in [4.69, 9.17) is 21.9 Å². The van der Waals surface area contributed by atoms with Crippen LogP contribution in [0.15, 0.2) is 34.1 Å². The van der Waals surface area contributed by atoms with E-state index in [0.29, 0.717) is 15.5 Å². The van der Waals surface area contributed by atoms with E-state index in [1.807, 2.05) is 18.4 Å². The van der Waals surface area contributed by atoms with Gasteiger partial charge in [0.1, 0.15) is 10.6 Å². The highest BCUT2D eigenvalue weighted by Crippen LogP contribution is 2.34. The predicted octanol–water partition coefficient (Wildman–Crippen LogP) is 4.70. The van der Waals surface area contributed by atoms with Crippen LogP contribution in [0.2, 0.25) is 5.02 Å². The van der Waals surface area contributed by atoms with Crippen molar-refractivity contribution >= 4 is 33.5 Å². The lowest BCUT2D eigenvalue weighted by Gasteiger charge is -2.16. The molecule has 25 heavy (non-hydrogen) atoms. The van der Waals surface area contributed by atoms with E-state index < -0.39 is 12.0 Å². The van der Waals surface area contributed by atoms with Gasteiger partial charge in [-0.2, -0.15) is 0 Å². The molecular weight excluding hydrogens is 410 g/mol. The van der Waals surface area contributed by atoms with Crippen molar-refractivity contribution in [3.05, 3.63) is 51.0 Å². The summed E-state index contributed by atoms with van der Waals surface area (Å²) in [6.45, 7) is 5.88.